The highest BCUT2D eigenvalue weighted by molar-refractivity contribution is 7.12. The molecule has 1 aromatic heterocycles. The van der Waals surface area contributed by atoms with E-state index < -0.39 is 5.97 Å². The van der Waals surface area contributed by atoms with Crippen molar-refractivity contribution in [2.24, 2.45) is 0 Å². The largest absolute Gasteiger partial charge is 0.478 e. The molecular formula is C14H20N2O2S. The topological polar surface area (TPSA) is 43.8 Å². The predicted octanol–water partition coefficient (Wildman–Crippen LogP) is 1.98. The molecule has 1 saturated heterocycles. The fraction of sp³-hybridized carbons (Fsp3) is 0.500. The maximum absolute atomic E-state index is 10.5. The summed E-state index contributed by atoms with van der Waals surface area (Å²) in [5.74, 6) is -0.900. The first-order valence-corrected chi connectivity index (χ1v) is 7.25. The first-order chi connectivity index (χ1) is 9.04. The summed E-state index contributed by atoms with van der Waals surface area (Å²) in [6.07, 6.45) is 4.07. The number of thiophene rings is 1. The number of carboxylic acid groups (broad SMARTS) is 1. The smallest absolute Gasteiger partial charge is 0.328 e. The Bertz CT molecular complexity index is 468. The van der Waals surface area contributed by atoms with Gasteiger partial charge in [-0.05, 0) is 38.7 Å². The van der Waals surface area contributed by atoms with Crippen LogP contribution < -0.4 is 0 Å². The second kappa shape index (κ2) is 6.32. The van der Waals surface area contributed by atoms with Crippen molar-refractivity contribution < 1.29 is 9.90 Å². The second-order valence-corrected chi connectivity index (χ2v) is 6.32. The molecule has 2 rings (SSSR count). The van der Waals surface area contributed by atoms with E-state index in [1.54, 1.807) is 17.4 Å². The van der Waals surface area contributed by atoms with Gasteiger partial charge in [0.1, 0.15) is 0 Å². The van der Waals surface area contributed by atoms with Crippen LogP contribution in [0.15, 0.2) is 18.2 Å². The van der Waals surface area contributed by atoms with E-state index in [1.807, 2.05) is 6.07 Å². The van der Waals surface area contributed by atoms with E-state index in [9.17, 15) is 4.79 Å². The van der Waals surface area contributed by atoms with Crippen LogP contribution in [0.1, 0.15) is 16.2 Å². The van der Waals surface area contributed by atoms with Gasteiger partial charge in [-0.25, -0.2) is 4.79 Å². The van der Waals surface area contributed by atoms with E-state index in [4.69, 9.17) is 5.11 Å². The van der Waals surface area contributed by atoms with Gasteiger partial charge in [0.05, 0.1) is 0 Å². The summed E-state index contributed by atoms with van der Waals surface area (Å²) in [5, 5.41) is 8.60. The van der Waals surface area contributed by atoms with Crippen LogP contribution in [-0.2, 0) is 11.3 Å². The lowest BCUT2D eigenvalue weighted by Crippen LogP contribution is -2.31. The molecule has 0 amide bonds. The molecule has 0 radical (unpaired) electrons. The lowest BCUT2D eigenvalue weighted by molar-refractivity contribution is -0.131. The molecule has 1 unspecified atom stereocenters. The molecule has 0 bridgehead atoms. The van der Waals surface area contributed by atoms with Crippen molar-refractivity contribution >= 4 is 23.4 Å². The summed E-state index contributed by atoms with van der Waals surface area (Å²) >= 11 is 1.67. The Balaban J connectivity index is 1.89. The Morgan fingerprint density at radius 2 is 2.37 bits per heavy atom. The van der Waals surface area contributed by atoms with Gasteiger partial charge in [-0.1, -0.05) is 0 Å². The summed E-state index contributed by atoms with van der Waals surface area (Å²) in [6.45, 7) is 3.22. The molecule has 1 aromatic rings. The third-order valence-corrected chi connectivity index (χ3v) is 4.47. The van der Waals surface area contributed by atoms with Gasteiger partial charge in [-0.15, -0.1) is 11.3 Å². The highest BCUT2D eigenvalue weighted by Crippen LogP contribution is 2.22. The molecule has 1 aliphatic rings. The molecule has 0 spiro atoms. The lowest BCUT2D eigenvalue weighted by atomic mass is 10.2. The van der Waals surface area contributed by atoms with Crippen LogP contribution in [0.2, 0.25) is 0 Å². The number of carbonyl (C=O) groups is 1. The maximum Gasteiger partial charge on any atom is 0.328 e. The fourth-order valence-corrected chi connectivity index (χ4v) is 3.28. The minimum atomic E-state index is -0.900. The zero-order valence-electron chi connectivity index (χ0n) is 11.4. The number of carboxylic acids is 1. The Kier molecular flexibility index (Phi) is 4.74. The van der Waals surface area contributed by atoms with Gasteiger partial charge in [0.2, 0.25) is 0 Å². The van der Waals surface area contributed by atoms with Gasteiger partial charge in [0.25, 0.3) is 0 Å². The first-order valence-electron chi connectivity index (χ1n) is 6.43. The average Bonchev–Trinajstić information content (AvgIpc) is 2.96. The van der Waals surface area contributed by atoms with Crippen molar-refractivity contribution in [2.75, 3.05) is 27.2 Å². The summed E-state index contributed by atoms with van der Waals surface area (Å²) < 4.78 is 0. The zero-order valence-corrected chi connectivity index (χ0v) is 12.2. The Labute approximate surface area is 118 Å². The number of hydrogen-bond donors (Lipinski definition) is 1. The maximum atomic E-state index is 10.5. The Morgan fingerprint density at radius 1 is 1.58 bits per heavy atom. The van der Waals surface area contributed by atoms with E-state index in [0.29, 0.717) is 6.04 Å². The van der Waals surface area contributed by atoms with Gasteiger partial charge in [-0.3, -0.25) is 4.90 Å². The Morgan fingerprint density at radius 3 is 3.00 bits per heavy atom. The predicted molar refractivity (Wildman–Crippen MR) is 78.4 cm³/mol. The number of likely N-dealkylation sites (N-methyl/N-ethyl adjacent to an activating group) is 1. The summed E-state index contributed by atoms with van der Waals surface area (Å²) in [5.41, 5.74) is 0. The van der Waals surface area contributed by atoms with E-state index >= 15 is 0 Å². The van der Waals surface area contributed by atoms with Crippen molar-refractivity contribution in [2.45, 2.75) is 19.0 Å². The minimum absolute atomic E-state index is 0.659. The van der Waals surface area contributed by atoms with Crippen molar-refractivity contribution in [3.63, 3.8) is 0 Å². The van der Waals surface area contributed by atoms with Crippen LogP contribution in [0, 0.1) is 0 Å². The number of rotatable bonds is 5. The molecule has 1 atom stereocenters. The van der Waals surface area contributed by atoms with Crippen molar-refractivity contribution in [3.8, 4) is 0 Å². The molecule has 0 aromatic carbocycles. The quantitative estimate of drug-likeness (QED) is 0.838. The fourth-order valence-electron chi connectivity index (χ4n) is 2.32. The van der Waals surface area contributed by atoms with Gasteiger partial charge in [0.15, 0.2) is 0 Å². The highest BCUT2D eigenvalue weighted by atomic mass is 32.1. The molecule has 1 N–H and O–H groups in total. The molecular weight excluding hydrogens is 260 g/mol. The van der Waals surface area contributed by atoms with Crippen LogP contribution in [0.5, 0.6) is 0 Å². The van der Waals surface area contributed by atoms with E-state index in [-0.39, 0.29) is 0 Å². The van der Waals surface area contributed by atoms with Crippen LogP contribution in [0.4, 0.5) is 0 Å². The Hall–Kier alpha value is -1.17. The van der Waals surface area contributed by atoms with Gasteiger partial charge < -0.3 is 10.0 Å². The van der Waals surface area contributed by atoms with Crippen LogP contribution in [-0.4, -0.2) is 54.1 Å². The summed E-state index contributed by atoms with van der Waals surface area (Å²) in [6, 6.07) is 4.74. The second-order valence-electron chi connectivity index (χ2n) is 5.12. The molecule has 0 aliphatic carbocycles. The highest BCUT2D eigenvalue weighted by Gasteiger charge is 2.23. The molecule has 4 nitrogen and oxygen atoms in total. The van der Waals surface area contributed by atoms with Gasteiger partial charge in [-0.2, -0.15) is 0 Å². The third kappa shape index (κ3) is 4.16. The summed E-state index contributed by atoms with van der Waals surface area (Å²) in [7, 11) is 4.27. The normalized spacial score (nSPS) is 20.7. The third-order valence-electron chi connectivity index (χ3n) is 3.43. The molecule has 1 fully saturated rings. The SMILES string of the molecule is CN(C)C1CCN(Cc2ccc(C=CC(=O)O)s2)C1. The number of hydrogen-bond acceptors (Lipinski definition) is 4. The molecule has 1 aliphatic heterocycles. The first kappa shape index (κ1) is 14.2. The van der Waals surface area contributed by atoms with Crippen molar-refractivity contribution in [3.05, 3.63) is 28.0 Å². The molecule has 0 saturated carbocycles. The van der Waals surface area contributed by atoms with Crippen LogP contribution in [0.3, 0.4) is 0 Å². The standard InChI is InChI=1S/C14H20N2O2S/c1-15(2)11-7-8-16(9-11)10-13-4-3-12(19-13)5-6-14(17)18/h3-6,11H,7-10H2,1-2H3,(H,17,18). The van der Waals surface area contributed by atoms with Gasteiger partial charge >= 0.3 is 5.97 Å². The van der Waals surface area contributed by atoms with Gasteiger partial charge in [0, 0.05) is 41.5 Å². The average molecular weight is 280 g/mol. The van der Waals surface area contributed by atoms with E-state index in [1.165, 1.54) is 17.4 Å². The molecule has 104 valence electrons. The van der Waals surface area contributed by atoms with Crippen LogP contribution >= 0.6 is 11.3 Å². The van der Waals surface area contributed by atoms with Crippen LogP contribution in [0.25, 0.3) is 6.08 Å². The number of aliphatic carboxylic acids is 1. The van der Waals surface area contributed by atoms with E-state index in [0.717, 1.165) is 24.5 Å². The molecule has 5 heteroatoms. The number of likely N-dealkylation sites (tertiary alicyclic amines) is 1. The molecule has 19 heavy (non-hydrogen) atoms. The van der Waals surface area contributed by atoms with Crippen molar-refractivity contribution in [1.82, 2.24) is 9.80 Å². The lowest BCUT2D eigenvalue weighted by Gasteiger charge is -2.19. The van der Waals surface area contributed by atoms with Crippen molar-refractivity contribution in [1.29, 1.82) is 0 Å². The zero-order chi connectivity index (χ0) is 13.8. The molecule has 2 heterocycles. The monoisotopic (exact) mass is 280 g/mol. The number of nitrogens with zero attached hydrogens (tertiary/aromatic N) is 2. The minimum Gasteiger partial charge on any atom is -0.478 e. The summed E-state index contributed by atoms with van der Waals surface area (Å²) in [4.78, 5) is 17.5. The van der Waals surface area contributed by atoms with E-state index in [2.05, 4.69) is 30.0 Å².